The summed E-state index contributed by atoms with van der Waals surface area (Å²) in [5.41, 5.74) is 2.16. The van der Waals surface area contributed by atoms with E-state index in [0.717, 1.165) is 35.8 Å². The molecule has 0 spiro atoms. The largest absolute Gasteiger partial charge is 0.486 e. The van der Waals surface area contributed by atoms with Crippen LogP contribution in [-0.2, 0) is 6.42 Å². The standard InChI is InChI=1S/C15H16ClN3O2/c1-10-9-18-15(16)19-14(10)17-5-4-11-2-3-12-13(8-11)21-7-6-20-12/h2-3,8-9H,4-7H2,1H3,(H,17,18,19). The Kier molecular flexibility index (Phi) is 4.10. The van der Waals surface area contributed by atoms with Gasteiger partial charge >= 0.3 is 0 Å². The van der Waals surface area contributed by atoms with Crippen LogP contribution in [0.4, 0.5) is 5.82 Å². The minimum absolute atomic E-state index is 0.252. The highest BCUT2D eigenvalue weighted by Crippen LogP contribution is 2.30. The maximum Gasteiger partial charge on any atom is 0.224 e. The molecule has 0 unspecified atom stereocenters. The molecule has 1 aromatic carbocycles. The zero-order valence-electron chi connectivity index (χ0n) is 11.7. The molecule has 0 fully saturated rings. The van der Waals surface area contributed by atoms with Crippen LogP contribution in [0.5, 0.6) is 11.5 Å². The summed E-state index contributed by atoms with van der Waals surface area (Å²) in [4.78, 5) is 8.11. The number of fused-ring (bicyclic) bond motifs is 1. The topological polar surface area (TPSA) is 56.3 Å². The van der Waals surface area contributed by atoms with E-state index in [1.54, 1.807) is 6.20 Å². The first kappa shape index (κ1) is 13.9. The first-order chi connectivity index (χ1) is 10.2. The Bertz CT molecular complexity index is 649. The number of nitrogens with one attached hydrogen (secondary N) is 1. The Morgan fingerprint density at radius 3 is 2.90 bits per heavy atom. The van der Waals surface area contributed by atoms with Gasteiger partial charge in [0, 0.05) is 18.3 Å². The predicted octanol–water partition coefficient (Wildman–Crippen LogP) is 2.86. The van der Waals surface area contributed by atoms with E-state index in [-0.39, 0.29) is 5.28 Å². The lowest BCUT2D eigenvalue weighted by Crippen LogP contribution is -2.15. The van der Waals surface area contributed by atoms with Crippen molar-refractivity contribution >= 4 is 17.4 Å². The molecular weight excluding hydrogens is 290 g/mol. The molecule has 0 atom stereocenters. The summed E-state index contributed by atoms with van der Waals surface area (Å²) >= 11 is 5.80. The van der Waals surface area contributed by atoms with Crippen LogP contribution >= 0.6 is 11.6 Å². The van der Waals surface area contributed by atoms with Crippen LogP contribution in [0.1, 0.15) is 11.1 Å². The van der Waals surface area contributed by atoms with Crippen LogP contribution in [0.25, 0.3) is 0 Å². The van der Waals surface area contributed by atoms with Gasteiger partial charge in [-0.3, -0.25) is 0 Å². The monoisotopic (exact) mass is 305 g/mol. The van der Waals surface area contributed by atoms with E-state index >= 15 is 0 Å². The lowest BCUT2D eigenvalue weighted by Gasteiger charge is -2.19. The van der Waals surface area contributed by atoms with E-state index in [1.165, 1.54) is 5.56 Å². The SMILES string of the molecule is Cc1cnc(Cl)nc1NCCc1ccc2c(c1)OCCO2. The summed E-state index contributed by atoms with van der Waals surface area (Å²) in [5.74, 6) is 2.41. The maximum absolute atomic E-state index is 5.80. The van der Waals surface area contributed by atoms with Crippen LogP contribution < -0.4 is 14.8 Å². The molecule has 0 saturated heterocycles. The van der Waals surface area contributed by atoms with Crippen LogP contribution in [0, 0.1) is 6.92 Å². The third kappa shape index (κ3) is 3.36. The first-order valence-electron chi connectivity index (χ1n) is 6.84. The zero-order valence-corrected chi connectivity index (χ0v) is 12.5. The third-order valence-corrected chi connectivity index (χ3v) is 3.44. The van der Waals surface area contributed by atoms with Gasteiger partial charge in [-0.15, -0.1) is 0 Å². The number of aromatic nitrogens is 2. The van der Waals surface area contributed by atoms with Crippen molar-refractivity contribution in [1.29, 1.82) is 0 Å². The van der Waals surface area contributed by atoms with Crippen LogP contribution in [-0.4, -0.2) is 29.7 Å². The average Bonchev–Trinajstić information content (AvgIpc) is 2.50. The average molecular weight is 306 g/mol. The Labute approximate surface area is 128 Å². The second-order valence-corrected chi connectivity index (χ2v) is 5.16. The van der Waals surface area contributed by atoms with Gasteiger partial charge in [-0.2, -0.15) is 0 Å². The van der Waals surface area contributed by atoms with Gasteiger partial charge in [-0.25, -0.2) is 9.97 Å². The maximum atomic E-state index is 5.80. The van der Waals surface area contributed by atoms with Crippen molar-refractivity contribution in [2.45, 2.75) is 13.3 Å². The van der Waals surface area contributed by atoms with E-state index in [4.69, 9.17) is 21.1 Å². The normalized spacial score (nSPS) is 13.0. The third-order valence-electron chi connectivity index (χ3n) is 3.26. The van der Waals surface area contributed by atoms with Gasteiger partial charge < -0.3 is 14.8 Å². The molecular formula is C15H16ClN3O2. The molecule has 6 heteroatoms. The number of rotatable bonds is 4. The van der Waals surface area contributed by atoms with E-state index in [1.807, 2.05) is 19.1 Å². The Morgan fingerprint density at radius 2 is 2.05 bits per heavy atom. The Morgan fingerprint density at radius 1 is 1.24 bits per heavy atom. The van der Waals surface area contributed by atoms with Crippen LogP contribution in [0.3, 0.4) is 0 Å². The Hall–Kier alpha value is -2.01. The summed E-state index contributed by atoms with van der Waals surface area (Å²) in [5, 5.41) is 3.53. The number of aryl methyl sites for hydroxylation is 1. The van der Waals surface area contributed by atoms with E-state index in [9.17, 15) is 0 Å². The van der Waals surface area contributed by atoms with E-state index < -0.39 is 0 Å². The molecule has 2 aromatic rings. The highest BCUT2D eigenvalue weighted by molar-refractivity contribution is 6.28. The smallest absolute Gasteiger partial charge is 0.224 e. The fraction of sp³-hybridized carbons (Fsp3) is 0.333. The number of hydrogen-bond acceptors (Lipinski definition) is 5. The number of anilines is 1. The quantitative estimate of drug-likeness (QED) is 0.880. The molecule has 1 aromatic heterocycles. The molecule has 1 N–H and O–H groups in total. The second-order valence-electron chi connectivity index (χ2n) is 4.83. The summed E-state index contributed by atoms with van der Waals surface area (Å²) in [6, 6.07) is 6.03. The molecule has 1 aliphatic heterocycles. The Balaban J connectivity index is 1.61. The van der Waals surface area contributed by atoms with Crippen molar-refractivity contribution in [1.82, 2.24) is 9.97 Å². The number of hydrogen-bond donors (Lipinski definition) is 1. The fourth-order valence-electron chi connectivity index (χ4n) is 2.17. The predicted molar refractivity (Wildman–Crippen MR) is 81.4 cm³/mol. The van der Waals surface area contributed by atoms with Crippen molar-refractivity contribution < 1.29 is 9.47 Å². The van der Waals surface area contributed by atoms with Crippen molar-refractivity contribution in [2.75, 3.05) is 25.1 Å². The summed E-state index contributed by atoms with van der Waals surface area (Å²) in [7, 11) is 0. The molecule has 21 heavy (non-hydrogen) atoms. The highest BCUT2D eigenvalue weighted by Gasteiger charge is 2.11. The molecule has 0 aliphatic carbocycles. The fourth-order valence-corrected chi connectivity index (χ4v) is 2.30. The summed E-state index contributed by atoms with van der Waals surface area (Å²) in [6.45, 7) is 3.92. The number of ether oxygens (including phenoxy) is 2. The minimum Gasteiger partial charge on any atom is -0.486 e. The second kappa shape index (κ2) is 6.18. The van der Waals surface area contributed by atoms with Crippen LogP contribution in [0.2, 0.25) is 5.28 Å². The lowest BCUT2D eigenvalue weighted by atomic mass is 10.1. The first-order valence-corrected chi connectivity index (χ1v) is 7.22. The number of nitrogens with zero attached hydrogens (tertiary/aromatic N) is 2. The molecule has 2 heterocycles. The molecule has 1 aliphatic rings. The van der Waals surface area contributed by atoms with E-state index in [2.05, 4.69) is 21.4 Å². The van der Waals surface area contributed by atoms with E-state index in [0.29, 0.717) is 13.2 Å². The summed E-state index contributed by atoms with van der Waals surface area (Å²) in [6.07, 6.45) is 2.57. The van der Waals surface area contributed by atoms with Crippen LogP contribution in [0.15, 0.2) is 24.4 Å². The zero-order chi connectivity index (χ0) is 14.7. The van der Waals surface area contributed by atoms with Gasteiger partial charge in [0.25, 0.3) is 0 Å². The van der Waals surface area contributed by atoms with Crippen molar-refractivity contribution in [2.24, 2.45) is 0 Å². The minimum atomic E-state index is 0.252. The highest BCUT2D eigenvalue weighted by atomic mass is 35.5. The number of halogens is 1. The van der Waals surface area contributed by atoms with Crippen molar-refractivity contribution in [3.63, 3.8) is 0 Å². The molecule has 5 nitrogen and oxygen atoms in total. The molecule has 0 bridgehead atoms. The van der Waals surface area contributed by atoms with Gasteiger partial charge in [-0.05, 0) is 42.6 Å². The van der Waals surface area contributed by atoms with Gasteiger partial charge in [0.15, 0.2) is 11.5 Å². The van der Waals surface area contributed by atoms with Crippen molar-refractivity contribution in [3.05, 3.63) is 40.8 Å². The van der Waals surface area contributed by atoms with Gasteiger partial charge in [0.05, 0.1) is 0 Å². The summed E-state index contributed by atoms with van der Waals surface area (Å²) < 4.78 is 11.1. The lowest BCUT2D eigenvalue weighted by molar-refractivity contribution is 0.171. The molecule has 0 amide bonds. The molecule has 3 rings (SSSR count). The van der Waals surface area contributed by atoms with Gasteiger partial charge in [-0.1, -0.05) is 6.07 Å². The molecule has 110 valence electrons. The van der Waals surface area contributed by atoms with Crippen molar-refractivity contribution in [3.8, 4) is 11.5 Å². The molecule has 0 saturated carbocycles. The van der Waals surface area contributed by atoms with Gasteiger partial charge in [0.2, 0.25) is 5.28 Å². The molecule has 0 radical (unpaired) electrons. The van der Waals surface area contributed by atoms with Gasteiger partial charge in [0.1, 0.15) is 19.0 Å². The number of benzene rings is 1.